The first-order valence-electron chi connectivity index (χ1n) is 11.8. The van der Waals surface area contributed by atoms with Gasteiger partial charge in [0.1, 0.15) is 23.2 Å². The van der Waals surface area contributed by atoms with Crippen LogP contribution in [0.4, 0.5) is 10.2 Å². The van der Waals surface area contributed by atoms with E-state index in [1.807, 2.05) is 24.3 Å². The molecular weight excluding hydrogens is 473 g/mol. The topological polar surface area (TPSA) is 114 Å². The van der Waals surface area contributed by atoms with Gasteiger partial charge in [-0.15, -0.1) is 0 Å². The Hall–Kier alpha value is -4.52. The largest absolute Gasteiger partial charge is 0.507 e. The van der Waals surface area contributed by atoms with E-state index in [2.05, 4.69) is 26.6 Å². The number of benzene rings is 2. The second-order valence-corrected chi connectivity index (χ2v) is 8.71. The quantitative estimate of drug-likeness (QED) is 0.362. The van der Waals surface area contributed by atoms with Crippen molar-refractivity contribution in [2.24, 2.45) is 0 Å². The first-order valence-corrected chi connectivity index (χ1v) is 11.8. The van der Waals surface area contributed by atoms with Crippen LogP contribution in [0.2, 0.25) is 0 Å². The fourth-order valence-corrected chi connectivity index (χ4v) is 4.38. The molecule has 0 saturated carbocycles. The second kappa shape index (κ2) is 10.6. The van der Waals surface area contributed by atoms with Gasteiger partial charge >= 0.3 is 0 Å². The van der Waals surface area contributed by atoms with Crippen molar-refractivity contribution < 1.29 is 18.7 Å². The second-order valence-electron chi connectivity index (χ2n) is 8.71. The van der Waals surface area contributed by atoms with Crippen LogP contribution in [0, 0.1) is 17.1 Å². The summed E-state index contributed by atoms with van der Waals surface area (Å²) in [5.74, 6) is -1.41. The van der Waals surface area contributed by atoms with Crippen molar-refractivity contribution in [3.63, 3.8) is 0 Å². The van der Waals surface area contributed by atoms with Gasteiger partial charge < -0.3 is 20.2 Å². The molecule has 0 unspecified atom stereocenters. The molecule has 1 saturated heterocycles. The summed E-state index contributed by atoms with van der Waals surface area (Å²) in [7, 11) is 0. The van der Waals surface area contributed by atoms with Crippen LogP contribution >= 0.6 is 0 Å². The fourth-order valence-electron chi connectivity index (χ4n) is 4.38. The Kier molecular flexibility index (Phi) is 6.94. The molecule has 186 valence electrons. The molecule has 3 heterocycles. The summed E-state index contributed by atoms with van der Waals surface area (Å²) < 4.78 is 18.9. The molecular formula is C28H24FN5O3. The highest BCUT2D eigenvalue weighted by Crippen LogP contribution is 2.36. The minimum absolute atomic E-state index is 0.00707. The zero-order valence-electron chi connectivity index (χ0n) is 19.9. The number of nitrogens with zero attached hydrogens (tertiary/aromatic N) is 3. The average Bonchev–Trinajstić information content (AvgIpc) is 3.44. The van der Waals surface area contributed by atoms with Crippen LogP contribution in [0.15, 0.2) is 71.3 Å². The maximum Gasteiger partial charge on any atom is 0.292 e. The summed E-state index contributed by atoms with van der Waals surface area (Å²) in [6.45, 7) is 4.52. The number of piperazine rings is 1. The number of aromatic hydroxyl groups is 1. The van der Waals surface area contributed by atoms with E-state index in [4.69, 9.17) is 4.42 Å². The molecule has 2 aromatic carbocycles. The number of halogens is 1. The fraction of sp³-hybridized carbons (Fsp3) is 0.179. The molecule has 2 aromatic heterocycles. The van der Waals surface area contributed by atoms with Gasteiger partial charge in [-0.25, -0.2) is 9.37 Å². The summed E-state index contributed by atoms with van der Waals surface area (Å²) >= 11 is 0. The minimum atomic E-state index is -0.595. The van der Waals surface area contributed by atoms with Crippen LogP contribution in [0.3, 0.4) is 0 Å². The Bertz CT molecular complexity index is 1470. The number of phenols is 1. The number of phenolic OH excluding ortho intramolecular Hbond substituents is 1. The van der Waals surface area contributed by atoms with Crippen LogP contribution in [0.5, 0.6) is 5.75 Å². The SMILES string of the molecule is N#Cc1c(-c2cccc(CN3CCNCC3)c2)cc(-c2ccc(F)cc2O)nc1NC(=O)c1ccco1. The summed E-state index contributed by atoms with van der Waals surface area (Å²) in [4.78, 5) is 19.6. The Labute approximate surface area is 213 Å². The highest BCUT2D eigenvalue weighted by Gasteiger charge is 2.21. The molecule has 9 heteroatoms. The van der Waals surface area contributed by atoms with Crippen LogP contribution in [0.1, 0.15) is 21.7 Å². The number of carbonyl (C=O) groups is 1. The molecule has 1 aliphatic heterocycles. The van der Waals surface area contributed by atoms with Gasteiger partial charge in [-0.2, -0.15) is 5.26 Å². The van der Waals surface area contributed by atoms with E-state index in [1.165, 1.54) is 24.5 Å². The number of hydrogen-bond donors (Lipinski definition) is 3. The molecule has 4 aromatic rings. The Morgan fingerprint density at radius 2 is 1.97 bits per heavy atom. The third-order valence-corrected chi connectivity index (χ3v) is 6.20. The summed E-state index contributed by atoms with van der Waals surface area (Å²) in [5.41, 5.74) is 3.04. The number of rotatable bonds is 6. The lowest BCUT2D eigenvalue weighted by molar-refractivity contribution is 0.0996. The predicted molar refractivity (Wildman–Crippen MR) is 136 cm³/mol. The molecule has 0 atom stereocenters. The zero-order chi connectivity index (χ0) is 25.8. The number of amides is 1. The van der Waals surface area contributed by atoms with Crippen molar-refractivity contribution in [3.8, 4) is 34.2 Å². The van der Waals surface area contributed by atoms with Gasteiger partial charge in [0.2, 0.25) is 0 Å². The Balaban J connectivity index is 1.60. The summed E-state index contributed by atoms with van der Waals surface area (Å²) in [6.07, 6.45) is 1.37. The van der Waals surface area contributed by atoms with Crippen LogP contribution in [0.25, 0.3) is 22.4 Å². The van der Waals surface area contributed by atoms with E-state index >= 15 is 0 Å². The minimum Gasteiger partial charge on any atom is -0.507 e. The number of nitriles is 1. The molecule has 8 nitrogen and oxygen atoms in total. The molecule has 1 fully saturated rings. The monoisotopic (exact) mass is 497 g/mol. The van der Waals surface area contributed by atoms with Gasteiger partial charge in [0.05, 0.1) is 12.0 Å². The standard InChI is InChI=1S/C28H24FN5O3/c29-20-6-7-21(25(35)14-20)24-15-22(19-4-1-3-18(13-19)17-34-10-8-31-9-11-34)23(16-30)27(32-24)33-28(36)26-5-2-12-37-26/h1-7,12-15,31,35H,8-11,17H2,(H,32,33,36). The van der Waals surface area contributed by atoms with Crippen molar-refractivity contribution in [3.05, 3.63) is 89.6 Å². The molecule has 1 aliphatic rings. The van der Waals surface area contributed by atoms with E-state index in [0.29, 0.717) is 5.56 Å². The van der Waals surface area contributed by atoms with Gasteiger partial charge in [0.25, 0.3) is 5.91 Å². The number of hydrogen-bond acceptors (Lipinski definition) is 7. The van der Waals surface area contributed by atoms with Crippen molar-refractivity contribution in [1.82, 2.24) is 15.2 Å². The van der Waals surface area contributed by atoms with Crippen molar-refractivity contribution >= 4 is 11.7 Å². The molecule has 37 heavy (non-hydrogen) atoms. The van der Waals surface area contributed by atoms with E-state index < -0.39 is 11.7 Å². The number of carbonyl (C=O) groups excluding carboxylic acids is 1. The number of anilines is 1. The highest BCUT2D eigenvalue weighted by molar-refractivity contribution is 6.03. The molecule has 0 aliphatic carbocycles. The maximum atomic E-state index is 13.7. The zero-order valence-corrected chi connectivity index (χ0v) is 19.9. The van der Waals surface area contributed by atoms with Gasteiger partial charge in [0.15, 0.2) is 11.6 Å². The lowest BCUT2D eigenvalue weighted by Gasteiger charge is -2.27. The number of aromatic nitrogens is 1. The predicted octanol–water partition coefficient (Wildman–Crippen LogP) is 4.38. The lowest BCUT2D eigenvalue weighted by atomic mass is 9.96. The first-order chi connectivity index (χ1) is 18.0. The average molecular weight is 498 g/mol. The third-order valence-electron chi connectivity index (χ3n) is 6.20. The van der Waals surface area contributed by atoms with Crippen LogP contribution < -0.4 is 10.6 Å². The normalized spacial score (nSPS) is 13.7. The van der Waals surface area contributed by atoms with Crippen LogP contribution in [-0.4, -0.2) is 47.1 Å². The lowest BCUT2D eigenvalue weighted by Crippen LogP contribution is -2.42. The molecule has 1 amide bonds. The van der Waals surface area contributed by atoms with Gasteiger partial charge in [-0.3, -0.25) is 9.69 Å². The number of furan rings is 1. The summed E-state index contributed by atoms with van der Waals surface area (Å²) in [6, 6.07) is 18.4. The van der Waals surface area contributed by atoms with Crippen molar-refractivity contribution in [1.29, 1.82) is 5.26 Å². The maximum absolute atomic E-state index is 13.7. The molecule has 3 N–H and O–H groups in total. The number of pyridine rings is 1. The smallest absolute Gasteiger partial charge is 0.292 e. The molecule has 0 radical (unpaired) electrons. The highest BCUT2D eigenvalue weighted by atomic mass is 19.1. The molecule has 5 rings (SSSR count). The first kappa shape index (κ1) is 24.2. The van der Waals surface area contributed by atoms with E-state index in [-0.39, 0.29) is 34.1 Å². The van der Waals surface area contributed by atoms with Crippen LogP contribution in [-0.2, 0) is 6.54 Å². The van der Waals surface area contributed by atoms with E-state index in [9.17, 15) is 19.6 Å². The van der Waals surface area contributed by atoms with Crippen molar-refractivity contribution in [2.45, 2.75) is 6.54 Å². The molecule has 0 spiro atoms. The van der Waals surface area contributed by atoms with Gasteiger partial charge in [-0.1, -0.05) is 18.2 Å². The van der Waals surface area contributed by atoms with Gasteiger partial charge in [0, 0.05) is 49.9 Å². The van der Waals surface area contributed by atoms with E-state index in [0.717, 1.165) is 49.9 Å². The third kappa shape index (κ3) is 5.35. The number of nitrogens with one attached hydrogen (secondary N) is 2. The van der Waals surface area contributed by atoms with Gasteiger partial charge in [-0.05, 0) is 47.5 Å². The van der Waals surface area contributed by atoms with E-state index in [1.54, 1.807) is 12.1 Å². The Morgan fingerprint density at radius 3 is 2.70 bits per heavy atom. The summed E-state index contributed by atoms with van der Waals surface area (Å²) in [5, 5.41) is 26.5. The van der Waals surface area contributed by atoms with Crippen molar-refractivity contribution in [2.75, 3.05) is 31.5 Å². The Morgan fingerprint density at radius 1 is 1.14 bits per heavy atom. The molecule has 0 bridgehead atoms.